The number of benzene rings is 1. The highest BCUT2D eigenvalue weighted by Gasteiger charge is 2.31. The Labute approximate surface area is 131 Å². The number of hydrogen-bond donors (Lipinski definition) is 1. The number of rotatable bonds is 1. The van der Waals surface area contributed by atoms with Gasteiger partial charge in [-0.25, -0.2) is 0 Å². The topological polar surface area (TPSA) is 72.0 Å². The minimum absolute atomic E-state index is 0.158. The third kappa shape index (κ3) is 2.30. The van der Waals surface area contributed by atoms with Gasteiger partial charge >= 0.3 is 5.97 Å². The number of aromatic amines is 1. The zero-order chi connectivity index (χ0) is 16.0. The fraction of sp³-hybridized carbons (Fsp3) is 0.167. The second kappa shape index (κ2) is 5.05. The highest BCUT2D eigenvalue weighted by molar-refractivity contribution is 5.81. The van der Waals surface area contributed by atoms with E-state index in [1.807, 2.05) is 30.3 Å². The van der Waals surface area contributed by atoms with Crippen molar-refractivity contribution in [3.8, 4) is 5.75 Å². The van der Waals surface area contributed by atoms with Crippen LogP contribution in [0.4, 0.5) is 0 Å². The number of carbonyl (C=O) groups excluding carboxylic acids is 1. The number of nitrogens with zero attached hydrogens (tertiary/aromatic N) is 1. The Morgan fingerprint density at radius 3 is 2.96 bits per heavy atom. The minimum atomic E-state index is -0.321. The van der Waals surface area contributed by atoms with Crippen LogP contribution in [-0.4, -0.2) is 15.9 Å². The summed E-state index contributed by atoms with van der Waals surface area (Å²) >= 11 is 0. The van der Waals surface area contributed by atoms with E-state index >= 15 is 0 Å². The monoisotopic (exact) mass is 306 g/mol. The van der Waals surface area contributed by atoms with Crippen LogP contribution in [0.3, 0.4) is 0 Å². The first kappa shape index (κ1) is 13.7. The van der Waals surface area contributed by atoms with Crippen molar-refractivity contribution in [2.75, 3.05) is 0 Å². The van der Waals surface area contributed by atoms with Crippen molar-refractivity contribution in [2.45, 2.75) is 19.3 Å². The van der Waals surface area contributed by atoms with Crippen molar-refractivity contribution in [1.29, 1.82) is 0 Å². The molecule has 0 saturated carbocycles. The summed E-state index contributed by atoms with van der Waals surface area (Å²) in [6.45, 7) is 1.76. The van der Waals surface area contributed by atoms with Gasteiger partial charge in [0.25, 0.3) is 5.56 Å². The molecule has 3 heterocycles. The maximum Gasteiger partial charge on any atom is 0.312 e. The number of carbonyl (C=O) groups is 1. The molecular weight excluding hydrogens is 292 g/mol. The van der Waals surface area contributed by atoms with Crippen molar-refractivity contribution in [1.82, 2.24) is 9.97 Å². The van der Waals surface area contributed by atoms with Crippen LogP contribution >= 0.6 is 0 Å². The number of pyridine rings is 2. The largest absolute Gasteiger partial charge is 0.426 e. The van der Waals surface area contributed by atoms with Crippen LogP contribution in [0.15, 0.2) is 47.4 Å². The Morgan fingerprint density at radius 2 is 2.09 bits per heavy atom. The lowest BCUT2D eigenvalue weighted by Crippen LogP contribution is -2.28. The predicted molar refractivity (Wildman–Crippen MR) is 85.6 cm³/mol. The van der Waals surface area contributed by atoms with Crippen LogP contribution < -0.4 is 10.3 Å². The van der Waals surface area contributed by atoms with Gasteiger partial charge in [0.05, 0.1) is 17.5 Å². The summed E-state index contributed by atoms with van der Waals surface area (Å²) in [5.74, 6) is -0.266. The van der Waals surface area contributed by atoms with E-state index in [9.17, 15) is 9.59 Å². The Morgan fingerprint density at radius 1 is 1.22 bits per heavy atom. The number of H-pyrrole nitrogens is 1. The number of ether oxygens (including phenoxy) is 1. The van der Waals surface area contributed by atoms with Crippen molar-refractivity contribution in [3.05, 3.63) is 69.8 Å². The van der Waals surface area contributed by atoms with Gasteiger partial charge in [0.2, 0.25) is 0 Å². The first-order chi connectivity index (χ1) is 11.1. The fourth-order valence-corrected chi connectivity index (χ4v) is 3.11. The molecule has 5 nitrogen and oxygen atoms in total. The maximum atomic E-state index is 12.4. The molecule has 0 amide bonds. The molecular formula is C18H14N2O3. The number of hydrogen-bond acceptors (Lipinski definition) is 4. The van der Waals surface area contributed by atoms with E-state index in [0.29, 0.717) is 17.0 Å². The van der Waals surface area contributed by atoms with Gasteiger partial charge in [-0.1, -0.05) is 12.1 Å². The van der Waals surface area contributed by atoms with Crippen molar-refractivity contribution in [2.24, 2.45) is 0 Å². The zero-order valence-electron chi connectivity index (χ0n) is 12.5. The van der Waals surface area contributed by atoms with Gasteiger partial charge in [0.15, 0.2) is 0 Å². The first-order valence-corrected chi connectivity index (χ1v) is 7.41. The van der Waals surface area contributed by atoms with Crippen LogP contribution in [0.25, 0.3) is 10.9 Å². The van der Waals surface area contributed by atoms with Gasteiger partial charge in [-0.2, -0.15) is 0 Å². The summed E-state index contributed by atoms with van der Waals surface area (Å²) in [5.41, 5.74) is 2.78. The summed E-state index contributed by atoms with van der Waals surface area (Å²) in [4.78, 5) is 31.4. The smallest absolute Gasteiger partial charge is 0.312 e. The van der Waals surface area contributed by atoms with E-state index in [4.69, 9.17) is 4.74 Å². The molecule has 1 aliphatic heterocycles. The Hall–Kier alpha value is -2.95. The normalized spacial score (nSPS) is 16.9. The van der Waals surface area contributed by atoms with Gasteiger partial charge in [0, 0.05) is 29.3 Å². The number of fused-ring (bicyclic) bond motifs is 2. The quantitative estimate of drug-likeness (QED) is 0.702. The molecule has 0 fully saturated rings. The molecule has 1 aromatic carbocycles. The van der Waals surface area contributed by atoms with E-state index in [-0.39, 0.29) is 23.9 Å². The van der Waals surface area contributed by atoms with E-state index < -0.39 is 0 Å². The summed E-state index contributed by atoms with van der Waals surface area (Å²) in [7, 11) is 0. The minimum Gasteiger partial charge on any atom is -0.426 e. The van der Waals surface area contributed by atoms with Gasteiger partial charge in [-0.15, -0.1) is 0 Å². The summed E-state index contributed by atoms with van der Waals surface area (Å²) in [5, 5.41) is 0.981. The molecule has 4 rings (SSSR count). The highest BCUT2D eigenvalue weighted by Crippen LogP contribution is 2.37. The maximum absolute atomic E-state index is 12.4. The second-order valence-electron chi connectivity index (χ2n) is 5.75. The molecule has 114 valence electrons. The Balaban J connectivity index is 1.91. The van der Waals surface area contributed by atoms with E-state index in [2.05, 4.69) is 9.97 Å². The first-order valence-electron chi connectivity index (χ1n) is 7.41. The van der Waals surface area contributed by atoms with Crippen LogP contribution in [-0.2, 0) is 4.79 Å². The molecule has 5 heteroatoms. The second-order valence-corrected chi connectivity index (χ2v) is 5.75. The molecule has 1 aliphatic rings. The van der Waals surface area contributed by atoms with Crippen LogP contribution in [0.1, 0.15) is 29.2 Å². The molecule has 1 N–H and O–H groups in total. The number of esters is 1. The third-order valence-electron chi connectivity index (χ3n) is 4.14. The van der Waals surface area contributed by atoms with Crippen LogP contribution in [0.5, 0.6) is 5.75 Å². The predicted octanol–water partition coefficient (Wildman–Crippen LogP) is 2.67. The summed E-state index contributed by atoms with van der Waals surface area (Å²) in [6, 6.07) is 11.3. The molecule has 0 bridgehead atoms. The van der Waals surface area contributed by atoms with Crippen LogP contribution in [0, 0.1) is 6.92 Å². The van der Waals surface area contributed by atoms with Crippen molar-refractivity contribution >= 4 is 16.9 Å². The molecule has 0 saturated heterocycles. The highest BCUT2D eigenvalue weighted by atomic mass is 16.5. The van der Waals surface area contributed by atoms with E-state index in [1.165, 1.54) is 0 Å². The van der Waals surface area contributed by atoms with Gasteiger partial charge in [-0.3, -0.25) is 14.6 Å². The van der Waals surface area contributed by atoms with Gasteiger partial charge in [-0.05, 0) is 30.7 Å². The van der Waals surface area contributed by atoms with Crippen molar-refractivity contribution < 1.29 is 9.53 Å². The average Bonchev–Trinajstić information content (AvgIpc) is 2.53. The Kier molecular flexibility index (Phi) is 3.01. The Bertz CT molecular complexity index is 991. The molecule has 0 aliphatic carbocycles. The van der Waals surface area contributed by atoms with Gasteiger partial charge in [0.1, 0.15) is 5.75 Å². The number of nitrogens with one attached hydrogen (secondary N) is 1. The lowest BCUT2D eigenvalue weighted by molar-refractivity contribution is -0.135. The van der Waals surface area contributed by atoms with Gasteiger partial charge < -0.3 is 9.72 Å². The molecule has 0 spiro atoms. The molecule has 1 atom stereocenters. The lowest BCUT2D eigenvalue weighted by atomic mass is 9.86. The van der Waals surface area contributed by atoms with Crippen molar-refractivity contribution in [3.63, 3.8) is 0 Å². The molecule has 3 aromatic rings. The fourth-order valence-electron chi connectivity index (χ4n) is 3.11. The van der Waals surface area contributed by atoms with E-state index in [0.717, 1.165) is 16.5 Å². The summed E-state index contributed by atoms with van der Waals surface area (Å²) in [6.07, 6.45) is 1.90. The third-order valence-corrected chi connectivity index (χ3v) is 4.14. The lowest BCUT2D eigenvalue weighted by Gasteiger charge is -2.24. The SMILES string of the molecule is Cc1cc2c(c(=O)[nH]1)[C@@H](c1ccc3ncccc3c1)CC(=O)O2. The standard InChI is InChI=1S/C18H14N2O3/c1-10-7-15-17(18(22)20-10)13(9-16(21)23-15)11-4-5-14-12(8-11)3-2-6-19-14/h2-8,13H,9H2,1H3,(H,20,22)/t13-/m1/s1. The molecule has 2 aromatic heterocycles. The zero-order valence-corrected chi connectivity index (χ0v) is 12.5. The molecule has 23 heavy (non-hydrogen) atoms. The van der Waals surface area contributed by atoms with E-state index in [1.54, 1.807) is 19.2 Å². The van der Waals surface area contributed by atoms with Crippen LogP contribution in [0.2, 0.25) is 0 Å². The summed E-state index contributed by atoms with van der Waals surface area (Å²) < 4.78 is 5.26. The number of aromatic nitrogens is 2. The average molecular weight is 306 g/mol. The number of aryl methyl sites for hydroxylation is 1. The molecule has 0 unspecified atom stereocenters. The molecule has 0 radical (unpaired) electrons.